The molecule has 0 aromatic heterocycles. The molecular formula is C32H68N2O. The topological polar surface area (TPSA) is 61.3 Å². The van der Waals surface area contributed by atoms with Gasteiger partial charge in [0.2, 0.25) is 0 Å². The van der Waals surface area contributed by atoms with Crippen molar-refractivity contribution in [1.82, 2.24) is 0 Å². The van der Waals surface area contributed by atoms with Gasteiger partial charge in [-0.1, -0.05) is 155 Å². The first-order valence-corrected chi connectivity index (χ1v) is 16.3. The van der Waals surface area contributed by atoms with Crippen LogP contribution < -0.4 is 11.5 Å². The first-order chi connectivity index (χ1) is 17.3. The molecule has 0 amide bonds. The van der Waals surface area contributed by atoms with Crippen LogP contribution in [-0.4, -0.2) is 25.3 Å². The van der Waals surface area contributed by atoms with E-state index in [1.165, 1.54) is 154 Å². The maximum Gasteiger partial charge on any atom is 0.0591 e. The third-order valence-electron chi connectivity index (χ3n) is 7.62. The molecule has 3 heteroatoms. The second kappa shape index (κ2) is 30.1. The SMILES string of the molecule is CCCCCCCCCCCCCC(CCN)OC(CCN)CCCCCCCCCCCCC. The fourth-order valence-electron chi connectivity index (χ4n) is 5.28. The summed E-state index contributed by atoms with van der Waals surface area (Å²) >= 11 is 0. The summed E-state index contributed by atoms with van der Waals surface area (Å²) in [5, 5.41) is 0. The number of rotatable bonds is 30. The van der Waals surface area contributed by atoms with Crippen molar-refractivity contribution in [2.45, 2.75) is 193 Å². The van der Waals surface area contributed by atoms with E-state index < -0.39 is 0 Å². The predicted molar refractivity (Wildman–Crippen MR) is 158 cm³/mol. The minimum atomic E-state index is 0.336. The van der Waals surface area contributed by atoms with E-state index in [1.807, 2.05) is 0 Å². The largest absolute Gasteiger partial charge is 0.375 e. The van der Waals surface area contributed by atoms with Gasteiger partial charge in [-0.3, -0.25) is 0 Å². The molecule has 0 rings (SSSR count). The molecule has 2 atom stereocenters. The van der Waals surface area contributed by atoms with Crippen LogP contribution in [0.5, 0.6) is 0 Å². The Hall–Kier alpha value is -0.120. The van der Waals surface area contributed by atoms with Gasteiger partial charge in [-0.05, 0) is 38.8 Å². The molecule has 2 unspecified atom stereocenters. The summed E-state index contributed by atoms with van der Waals surface area (Å²) in [6.45, 7) is 6.05. The summed E-state index contributed by atoms with van der Waals surface area (Å²) in [7, 11) is 0. The minimum absolute atomic E-state index is 0.336. The zero-order chi connectivity index (χ0) is 25.7. The maximum atomic E-state index is 6.56. The Morgan fingerprint density at radius 3 is 0.886 bits per heavy atom. The molecule has 0 aliphatic carbocycles. The number of nitrogens with two attached hydrogens (primary N) is 2. The van der Waals surface area contributed by atoms with Gasteiger partial charge in [0.1, 0.15) is 0 Å². The molecule has 0 aliphatic heterocycles. The normalized spacial score (nSPS) is 13.4. The Morgan fingerprint density at radius 1 is 0.371 bits per heavy atom. The molecule has 0 heterocycles. The van der Waals surface area contributed by atoms with E-state index in [-0.39, 0.29) is 0 Å². The average Bonchev–Trinajstić information content (AvgIpc) is 2.86. The van der Waals surface area contributed by atoms with E-state index in [0.29, 0.717) is 12.2 Å². The lowest BCUT2D eigenvalue weighted by molar-refractivity contribution is -0.0279. The Balaban J connectivity index is 3.82. The molecule has 0 spiro atoms. The van der Waals surface area contributed by atoms with E-state index in [4.69, 9.17) is 16.2 Å². The molecule has 4 N–H and O–H groups in total. The Kier molecular flexibility index (Phi) is 30.0. The van der Waals surface area contributed by atoms with E-state index in [9.17, 15) is 0 Å². The van der Waals surface area contributed by atoms with Gasteiger partial charge in [0.25, 0.3) is 0 Å². The summed E-state index contributed by atoms with van der Waals surface area (Å²) in [6.07, 6.45) is 35.7. The van der Waals surface area contributed by atoms with Crippen molar-refractivity contribution in [2.75, 3.05) is 13.1 Å². The van der Waals surface area contributed by atoms with E-state index >= 15 is 0 Å². The quantitative estimate of drug-likeness (QED) is 0.0972. The van der Waals surface area contributed by atoms with Gasteiger partial charge < -0.3 is 16.2 Å². The van der Waals surface area contributed by atoms with Crippen molar-refractivity contribution >= 4 is 0 Å². The number of ether oxygens (including phenoxy) is 1. The maximum absolute atomic E-state index is 6.56. The van der Waals surface area contributed by atoms with Crippen molar-refractivity contribution in [3.05, 3.63) is 0 Å². The zero-order valence-corrected chi connectivity index (χ0v) is 24.5. The second-order valence-corrected chi connectivity index (χ2v) is 11.2. The van der Waals surface area contributed by atoms with Crippen molar-refractivity contribution in [3.63, 3.8) is 0 Å². The van der Waals surface area contributed by atoms with E-state index in [2.05, 4.69) is 13.8 Å². The molecule has 0 fully saturated rings. The summed E-state index contributed by atoms with van der Waals surface area (Å²) < 4.78 is 6.56. The smallest absolute Gasteiger partial charge is 0.0591 e. The molecule has 0 bridgehead atoms. The number of unbranched alkanes of at least 4 members (excludes halogenated alkanes) is 20. The lowest BCUT2D eigenvalue weighted by Gasteiger charge is -2.25. The summed E-state index contributed by atoms with van der Waals surface area (Å²) in [5.41, 5.74) is 11.8. The van der Waals surface area contributed by atoms with Crippen LogP contribution in [0.15, 0.2) is 0 Å². The number of hydrogen-bond acceptors (Lipinski definition) is 3. The molecule has 35 heavy (non-hydrogen) atoms. The fourth-order valence-corrected chi connectivity index (χ4v) is 5.28. The van der Waals surface area contributed by atoms with Gasteiger partial charge in [0.05, 0.1) is 12.2 Å². The Morgan fingerprint density at radius 2 is 0.629 bits per heavy atom. The minimum Gasteiger partial charge on any atom is -0.375 e. The molecule has 0 aliphatic rings. The molecule has 0 saturated heterocycles. The molecule has 0 aromatic rings. The van der Waals surface area contributed by atoms with Gasteiger partial charge in [-0.2, -0.15) is 0 Å². The van der Waals surface area contributed by atoms with Gasteiger partial charge in [-0.15, -0.1) is 0 Å². The lowest BCUT2D eigenvalue weighted by Crippen LogP contribution is -2.26. The van der Waals surface area contributed by atoms with Crippen LogP contribution in [0.1, 0.15) is 181 Å². The van der Waals surface area contributed by atoms with Crippen LogP contribution in [0, 0.1) is 0 Å². The third-order valence-corrected chi connectivity index (χ3v) is 7.62. The van der Waals surface area contributed by atoms with Crippen LogP contribution >= 0.6 is 0 Å². The first kappa shape index (κ1) is 34.9. The highest BCUT2D eigenvalue weighted by atomic mass is 16.5. The van der Waals surface area contributed by atoms with Crippen LogP contribution in [0.25, 0.3) is 0 Å². The number of hydrogen-bond donors (Lipinski definition) is 2. The molecule has 0 radical (unpaired) electrons. The highest BCUT2D eigenvalue weighted by Crippen LogP contribution is 2.19. The van der Waals surface area contributed by atoms with Gasteiger partial charge >= 0.3 is 0 Å². The molecule has 0 saturated carbocycles. The van der Waals surface area contributed by atoms with E-state index in [0.717, 1.165) is 25.9 Å². The molecule has 212 valence electrons. The molecule has 0 aromatic carbocycles. The average molecular weight is 497 g/mol. The van der Waals surface area contributed by atoms with Crippen molar-refractivity contribution < 1.29 is 4.74 Å². The van der Waals surface area contributed by atoms with Gasteiger partial charge in [0, 0.05) is 0 Å². The first-order valence-electron chi connectivity index (χ1n) is 16.3. The lowest BCUT2D eigenvalue weighted by atomic mass is 10.0. The van der Waals surface area contributed by atoms with Gasteiger partial charge in [-0.25, -0.2) is 0 Å². The fraction of sp³-hybridized carbons (Fsp3) is 1.00. The highest BCUT2D eigenvalue weighted by molar-refractivity contribution is 4.67. The van der Waals surface area contributed by atoms with Crippen LogP contribution in [-0.2, 0) is 4.74 Å². The third kappa shape index (κ3) is 26.7. The molecular weight excluding hydrogens is 428 g/mol. The summed E-state index contributed by atoms with van der Waals surface area (Å²) in [5.74, 6) is 0. The summed E-state index contributed by atoms with van der Waals surface area (Å²) in [4.78, 5) is 0. The van der Waals surface area contributed by atoms with Crippen molar-refractivity contribution in [3.8, 4) is 0 Å². The predicted octanol–water partition coefficient (Wildman–Crippen LogP) is 9.84. The summed E-state index contributed by atoms with van der Waals surface area (Å²) in [6, 6.07) is 0. The standard InChI is InChI=1S/C32H68N2O/c1-3-5-7-9-11-13-15-17-19-21-23-25-31(27-29-33)35-32(28-30-34)26-24-22-20-18-16-14-12-10-8-6-4-2/h31-32H,3-30,33-34H2,1-2H3. The van der Waals surface area contributed by atoms with Crippen LogP contribution in [0.3, 0.4) is 0 Å². The zero-order valence-electron chi connectivity index (χ0n) is 24.5. The monoisotopic (exact) mass is 497 g/mol. The van der Waals surface area contributed by atoms with Crippen molar-refractivity contribution in [2.24, 2.45) is 11.5 Å². The molecule has 3 nitrogen and oxygen atoms in total. The Labute approximate surface area is 222 Å². The second-order valence-electron chi connectivity index (χ2n) is 11.2. The van der Waals surface area contributed by atoms with E-state index in [1.54, 1.807) is 0 Å². The highest BCUT2D eigenvalue weighted by Gasteiger charge is 2.15. The Bertz CT molecular complexity index is 343. The van der Waals surface area contributed by atoms with Crippen LogP contribution in [0.2, 0.25) is 0 Å². The van der Waals surface area contributed by atoms with Crippen molar-refractivity contribution in [1.29, 1.82) is 0 Å². The van der Waals surface area contributed by atoms with Gasteiger partial charge in [0.15, 0.2) is 0 Å². The van der Waals surface area contributed by atoms with Crippen LogP contribution in [0.4, 0.5) is 0 Å².